The van der Waals surface area contributed by atoms with Crippen molar-refractivity contribution in [2.45, 2.75) is 17.7 Å². The van der Waals surface area contributed by atoms with Crippen LogP contribution in [0.3, 0.4) is 0 Å². The van der Waals surface area contributed by atoms with E-state index in [9.17, 15) is 14.0 Å². The first-order valence-electron chi connectivity index (χ1n) is 9.95. The average Bonchev–Trinajstić information content (AvgIpc) is 3.14. The summed E-state index contributed by atoms with van der Waals surface area (Å²) in [5.41, 5.74) is 3.09. The fourth-order valence-electron chi connectivity index (χ4n) is 3.76. The van der Waals surface area contributed by atoms with Crippen LogP contribution in [0.2, 0.25) is 0 Å². The summed E-state index contributed by atoms with van der Waals surface area (Å²) in [7, 11) is 0. The van der Waals surface area contributed by atoms with E-state index in [-0.39, 0.29) is 22.9 Å². The lowest BCUT2D eigenvalue weighted by atomic mass is 10.1. The molecule has 1 saturated heterocycles. The van der Waals surface area contributed by atoms with E-state index in [4.69, 9.17) is 4.42 Å². The summed E-state index contributed by atoms with van der Waals surface area (Å²) in [4.78, 5) is 25.3. The van der Waals surface area contributed by atoms with Crippen molar-refractivity contribution < 1.29 is 18.4 Å². The highest BCUT2D eigenvalue weighted by atomic mass is 32.2. The van der Waals surface area contributed by atoms with E-state index >= 15 is 0 Å². The van der Waals surface area contributed by atoms with Gasteiger partial charge in [0.1, 0.15) is 23.0 Å². The molecule has 0 aliphatic carbocycles. The van der Waals surface area contributed by atoms with Gasteiger partial charge in [0.2, 0.25) is 11.8 Å². The highest BCUT2D eigenvalue weighted by Crippen LogP contribution is 2.30. The first kappa shape index (κ1) is 19.6. The van der Waals surface area contributed by atoms with Crippen LogP contribution in [0.25, 0.3) is 21.9 Å². The molecule has 2 unspecified atom stereocenters. The minimum atomic E-state index is -0.612. The molecule has 0 bridgehead atoms. The molecule has 1 fully saturated rings. The Morgan fingerprint density at radius 3 is 2.65 bits per heavy atom. The third-order valence-electron chi connectivity index (χ3n) is 5.37. The zero-order valence-electron chi connectivity index (χ0n) is 16.4. The number of thioether (sulfide) groups is 1. The van der Waals surface area contributed by atoms with Gasteiger partial charge in [0.15, 0.2) is 0 Å². The maximum absolute atomic E-state index is 13.1. The van der Waals surface area contributed by atoms with E-state index in [0.717, 1.165) is 27.5 Å². The van der Waals surface area contributed by atoms with Crippen LogP contribution in [-0.2, 0) is 16.0 Å². The Balaban J connectivity index is 1.25. The number of furan rings is 1. The molecule has 1 aliphatic rings. The summed E-state index contributed by atoms with van der Waals surface area (Å²) in [6.07, 6.45) is 0.495. The standard InChI is InChI=1S/C24H19FN2O3S/c25-15-7-5-14(6-8-15)11-22-24(29)27-19(13-31-22)23(28)26-16-9-10-21-18(12-16)17-3-1-2-4-20(17)30-21/h1-10,12,19,22H,11,13H2,(H,26,28)(H,27,29). The van der Waals surface area contributed by atoms with Crippen LogP contribution in [0.4, 0.5) is 10.1 Å². The van der Waals surface area contributed by atoms with Crippen molar-refractivity contribution in [3.05, 3.63) is 78.1 Å². The predicted octanol–water partition coefficient (Wildman–Crippen LogP) is 4.51. The van der Waals surface area contributed by atoms with Crippen LogP contribution in [0.15, 0.2) is 71.1 Å². The lowest BCUT2D eigenvalue weighted by Gasteiger charge is -2.28. The fourth-order valence-corrected chi connectivity index (χ4v) is 4.94. The van der Waals surface area contributed by atoms with E-state index < -0.39 is 6.04 Å². The number of amides is 2. The molecule has 0 radical (unpaired) electrons. The monoisotopic (exact) mass is 434 g/mol. The van der Waals surface area contributed by atoms with Crippen molar-refractivity contribution in [1.29, 1.82) is 0 Å². The van der Waals surface area contributed by atoms with Gasteiger partial charge in [-0.1, -0.05) is 30.3 Å². The molecule has 2 heterocycles. The number of carbonyl (C=O) groups is 2. The molecule has 4 aromatic rings. The Hall–Kier alpha value is -3.32. The number of para-hydroxylation sites is 1. The third-order valence-corrected chi connectivity index (χ3v) is 6.68. The minimum absolute atomic E-state index is 0.183. The molecule has 31 heavy (non-hydrogen) atoms. The molecule has 2 atom stereocenters. The van der Waals surface area contributed by atoms with Crippen LogP contribution in [0.5, 0.6) is 0 Å². The number of nitrogens with one attached hydrogen (secondary N) is 2. The van der Waals surface area contributed by atoms with Gasteiger partial charge in [-0.05, 0) is 48.4 Å². The van der Waals surface area contributed by atoms with Crippen molar-refractivity contribution in [3.63, 3.8) is 0 Å². The summed E-state index contributed by atoms with van der Waals surface area (Å²) in [6, 6.07) is 18.8. The summed E-state index contributed by atoms with van der Waals surface area (Å²) < 4.78 is 18.9. The van der Waals surface area contributed by atoms with Crippen LogP contribution >= 0.6 is 11.8 Å². The van der Waals surface area contributed by atoms with Crippen LogP contribution in [-0.4, -0.2) is 28.9 Å². The number of fused-ring (bicyclic) bond motifs is 3. The smallest absolute Gasteiger partial charge is 0.247 e. The van der Waals surface area contributed by atoms with E-state index in [1.54, 1.807) is 18.2 Å². The predicted molar refractivity (Wildman–Crippen MR) is 121 cm³/mol. The maximum atomic E-state index is 13.1. The highest BCUT2D eigenvalue weighted by molar-refractivity contribution is 8.00. The average molecular weight is 434 g/mol. The largest absolute Gasteiger partial charge is 0.456 e. The lowest BCUT2D eigenvalue weighted by molar-refractivity contribution is -0.126. The van der Waals surface area contributed by atoms with E-state index in [1.807, 2.05) is 36.4 Å². The minimum Gasteiger partial charge on any atom is -0.456 e. The Labute approximate surface area is 182 Å². The quantitative estimate of drug-likeness (QED) is 0.496. The first-order valence-corrected chi connectivity index (χ1v) is 11.0. The number of benzene rings is 3. The Bertz CT molecular complexity index is 1290. The van der Waals surface area contributed by atoms with Crippen LogP contribution < -0.4 is 10.6 Å². The second kappa shape index (κ2) is 8.07. The first-order chi connectivity index (χ1) is 15.1. The summed E-state index contributed by atoms with van der Waals surface area (Å²) >= 11 is 1.44. The molecule has 1 aliphatic heterocycles. The van der Waals surface area contributed by atoms with Gasteiger partial charge in [-0.15, -0.1) is 11.8 Å². The maximum Gasteiger partial charge on any atom is 0.247 e. The zero-order chi connectivity index (χ0) is 21.4. The van der Waals surface area contributed by atoms with Gasteiger partial charge in [-0.25, -0.2) is 4.39 Å². The highest BCUT2D eigenvalue weighted by Gasteiger charge is 2.32. The van der Waals surface area contributed by atoms with Crippen molar-refractivity contribution in [3.8, 4) is 0 Å². The zero-order valence-corrected chi connectivity index (χ0v) is 17.2. The molecule has 0 spiro atoms. The Morgan fingerprint density at radius 1 is 1.06 bits per heavy atom. The molecule has 5 nitrogen and oxygen atoms in total. The molecule has 5 rings (SSSR count). The molecule has 7 heteroatoms. The molecule has 1 aromatic heterocycles. The molecule has 0 saturated carbocycles. The van der Waals surface area contributed by atoms with Gasteiger partial charge in [0.05, 0.1) is 5.25 Å². The van der Waals surface area contributed by atoms with Gasteiger partial charge >= 0.3 is 0 Å². The number of halogens is 1. The van der Waals surface area contributed by atoms with Crippen LogP contribution in [0.1, 0.15) is 5.56 Å². The molecule has 156 valence electrons. The SMILES string of the molecule is O=C(Nc1ccc2oc3ccccc3c2c1)C1CSC(Cc2ccc(F)cc2)C(=O)N1. The van der Waals surface area contributed by atoms with Gasteiger partial charge in [0.25, 0.3) is 0 Å². The topological polar surface area (TPSA) is 71.3 Å². The van der Waals surface area contributed by atoms with Crippen molar-refractivity contribution >= 4 is 51.2 Å². The molecule has 2 N–H and O–H groups in total. The normalized spacial score (nSPS) is 18.8. The second-order valence-electron chi connectivity index (χ2n) is 7.51. The van der Waals surface area contributed by atoms with E-state index in [0.29, 0.717) is 17.9 Å². The molecular formula is C24H19FN2O3S. The van der Waals surface area contributed by atoms with Crippen molar-refractivity contribution in [2.24, 2.45) is 0 Å². The summed E-state index contributed by atoms with van der Waals surface area (Å²) in [6.45, 7) is 0. The van der Waals surface area contributed by atoms with Gasteiger partial charge in [-0.3, -0.25) is 9.59 Å². The fraction of sp³-hybridized carbons (Fsp3) is 0.167. The lowest BCUT2D eigenvalue weighted by Crippen LogP contribution is -2.52. The Kier molecular flexibility index (Phi) is 5.11. The summed E-state index contributed by atoms with van der Waals surface area (Å²) in [5.74, 6) is -0.270. The van der Waals surface area contributed by atoms with Crippen molar-refractivity contribution in [2.75, 3.05) is 11.1 Å². The van der Waals surface area contributed by atoms with Gasteiger partial charge < -0.3 is 15.1 Å². The third kappa shape index (κ3) is 4.01. The number of rotatable bonds is 4. The molecule has 3 aromatic carbocycles. The number of carbonyl (C=O) groups excluding carboxylic acids is 2. The number of hydrogen-bond donors (Lipinski definition) is 2. The molecular weight excluding hydrogens is 415 g/mol. The Morgan fingerprint density at radius 2 is 1.84 bits per heavy atom. The van der Waals surface area contributed by atoms with E-state index in [2.05, 4.69) is 10.6 Å². The second-order valence-corrected chi connectivity index (χ2v) is 8.75. The van der Waals surface area contributed by atoms with Gasteiger partial charge in [0, 0.05) is 22.2 Å². The van der Waals surface area contributed by atoms with Crippen molar-refractivity contribution in [1.82, 2.24) is 5.32 Å². The molecule has 2 amide bonds. The summed E-state index contributed by atoms with van der Waals surface area (Å²) in [5, 5.41) is 7.32. The van der Waals surface area contributed by atoms with E-state index in [1.165, 1.54) is 23.9 Å². The number of anilines is 1. The number of hydrogen-bond acceptors (Lipinski definition) is 4. The van der Waals surface area contributed by atoms with Crippen LogP contribution in [0, 0.1) is 5.82 Å². The van der Waals surface area contributed by atoms with Gasteiger partial charge in [-0.2, -0.15) is 0 Å².